The molecule has 5 rings (SSSR count). The Hall–Kier alpha value is -4.76. The van der Waals surface area contributed by atoms with Crippen molar-refractivity contribution >= 4 is 39.3 Å². The summed E-state index contributed by atoms with van der Waals surface area (Å²) < 4.78 is 17.6. The van der Waals surface area contributed by atoms with Crippen molar-refractivity contribution in [2.24, 2.45) is 0 Å². The Balaban J connectivity index is 1.36. The standard InChI is InChI=1S/C31H26N2O6S/c1-3-23(29(35)33-31-32-19(2)28(40-31)30(36)37-18-20-12-6-4-7-13-20)38-27-25(34)22-16-10-11-17-24(22)39-26(27)21-14-8-5-9-15-21/h4-17,23H,3,18H2,1-2H3,(H,32,33,35). The van der Waals surface area contributed by atoms with Crippen molar-refractivity contribution in [1.29, 1.82) is 0 Å². The molecule has 0 fully saturated rings. The van der Waals surface area contributed by atoms with Gasteiger partial charge in [0.15, 0.2) is 17.0 Å². The third kappa shape index (κ3) is 5.79. The first kappa shape index (κ1) is 26.8. The number of nitrogens with one attached hydrogen (secondary N) is 1. The van der Waals surface area contributed by atoms with E-state index in [1.807, 2.05) is 48.5 Å². The molecule has 9 heteroatoms. The second-order valence-corrected chi connectivity index (χ2v) is 9.95. The SMILES string of the molecule is CCC(Oc1c(-c2ccccc2)oc2ccccc2c1=O)C(=O)Nc1nc(C)c(C(=O)OCc2ccccc2)s1. The van der Waals surface area contributed by atoms with E-state index in [-0.39, 0.29) is 35.1 Å². The fraction of sp³-hybridized carbons (Fsp3) is 0.161. The van der Waals surface area contributed by atoms with Crippen molar-refractivity contribution < 1.29 is 23.5 Å². The van der Waals surface area contributed by atoms with Crippen LogP contribution >= 0.6 is 11.3 Å². The number of fused-ring (bicyclic) bond motifs is 1. The summed E-state index contributed by atoms with van der Waals surface area (Å²) in [5.74, 6) is -0.840. The van der Waals surface area contributed by atoms with Gasteiger partial charge in [0, 0.05) is 5.56 Å². The number of rotatable bonds is 9. The number of ether oxygens (including phenoxy) is 2. The first-order valence-corrected chi connectivity index (χ1v) is 13.5. The first-order valence-electron chi connectivity index (χ1n) is 12.7. The molecular formula is C31H26N2O6S. The maximum atomic E-state index is 13.5. The zero-order valence-electron chi connectivity index (χ0n) is 21.9. The van der Waals surface area contributed by atoms with Crippen LogP contribution < -0.4 is 15.5 Å². The van der Waals surface area contributed by atoms with Crippen molar-refractivity contribution in [3.8, 4) is 17.1 Å². The molecule has 5 aromatic rings. The highest BCUT2D eigenvalue weighted by atomic mass is 32.1. The van der Waals surface area contributed by atoms with E-state index in [0.29, 0.717) is 27.1 Å². The third-order valence-corrected chi connectivity index (χ3v) is 7.19. The number of aromatic nitrogens is 1. The zero-order valence-corrected chi connectivity index (χ0v) is 22.7. The normalized spacial score (nSPS) is 11.7. The maximum absolute atomic E-state index is 13.5. The summed E-state index contributed by atoms with van der Waals surface area (Å²) in [6, 6.07) is 25.3. The molecule has 0 aliphatic carbocycles. The van der Waals surface area contributed by atoms with E-state index in [0.717, 1.165) is 16.9 Å². The Morgan fingerprint density at radius 3 is 2.38 bits per heavy atom. The van der Waals surface area contributed by atoms with E-state index in [2.05, 4.69) is 10.3 Å². The largest absolute Gasteiger partial charge is 0.473 e. The van der Waals surface area contributed by atoms with Crippen LogP contribution in [0.25, 0.3) is 22.3 Å². The van der Waals surface area contributed by atoms with Crippen LogP contribution in [0.4, 0.5) is 5.13 Å². The van der Waals surface area contributed by atoms with Gasteiger partial charge in [-0.1, -0.05) is 91.1 Å². The Labute approximate surface area is 234 Å². The number of carbonyl (C=O) groups excluding carboxylic acids is 2. The molecule has 1 unspecified atom stereocenters. The number of anilines is 1. The molecule has 0 aliphatic rings. The Bertz CT molecular complexity index is 1710. The Kier molecular flexibility index (Phi) is 8.02. The number of nitrogens with zero attached hydrogens (tertiary/aromatic N) is 1. The Morgan fingerprint density at radius 1 is 0.975 bits per heavy atom. The highest BCUT2D eigenvalue weighted by Crippen LogP contribution is 2.32. The quantitative estimate of drug-likeness (QED) is 0.211. The molecule has 2 heterocycles. The van der Waals surface area contributed by atoms with E-state index in [1.165, 1.54) is 0 Å². The second-order valence-electron chi connectivity index (χ2n) is 8.95. The molecule has 8 nitrogen and oxygen atoms in total. The zero-order chi connectivity index (χ0) is 28.1. The summed E-state index contributed by atoms with van der Waals surface area (Å²) in [5, 5.41) is 3.30. The van der Waals surface area contributed by atoms with E-state index in [1.54, 1.807) is 50.2 Å². The van der Waals surface area contributed by atoms with Crippen LogP contribution in [-0.2, 0) is 16.1 Å². The van der Waals surface area contributed by atoms with Crippen LogP contribution in [0.5, 0.6) is 5.75 Å². The van der Waals surface area contributed by atoms with Crippen LogP contribution in [0.1, 0.15) is 34.3 Å². The predicted octanol–water partition coefficient (Wildman–Crippen LogP) is 6.38. The van der Waals surface area contributed by atoms with Gasteiger partial charge in [-0.05, 0) is 31.0 Å². The van der Waals surface area contributed by atoms with Gasteiger partial charge in [0.25, 0.3) is 5.91 Å². The molecule has 1 atom stereocenters. The van der Waals surface area contributed by atoms with Crippen molar-refractivity contribution in [2.45, 2.75) is 33.0 Å². The van der Waals surface area contributed by atoms with Gasteiger partial charge >= 0.3 is 5.97 Å². The van der Waals surface area contributed by atoms with Gasteiger partial charge in [-0.15, -0.1) is 0 Å². The molecule has 3 aromatic carbocycles. The summed E-state index contributed by atoms with van der Waals surface area (Å²) >= 11 is 1.02. The van der Waals surface area contributed by atoms with Crippen LogP contribution in [0, 0.1) is 6.92 Å². The number of hydrogen-bond acceptors (Lipinski definition) is 8. The minimum atomic E-state index is -1.02. The van der Waals surface area contributed by atoms with Crippen molar-refractivity contribution in [1.82, 2.24) is 4.98 Å². The van der Waals surface area contributed by atoms with Gasteiger partial charge in [0.1, 0.15) is 17.1 Å². The lowest BCUT2D eigenvalue weighted by Gasteiger charge is -2.18. The van der Waals surface area contributed by atoms with Gasteiger partial charge in [-0.2, -0.15) is 0 Å². The number of benzene rings is 3. The molecule has 0 spiro atoms. The highest BCUT2D eigenvalue weighted by Gasteiger charge is 2.26. The number of thiazole rings is 1. The fourth-order valence-electron chi connectivity index (χ4n) is 4.09. The van der Waals surface area contributed by atoms with Crippen molar-refractivity contribution in [3.63, 3.8) is 0 Å². The molecule has 0 saturated carbocycles. The van der Waals surface area contributed by atoms with Gasteiger partial charge < -0.3 is 13.9 Å². The summed E-state index contributed by atoms with van der Waals surface area (Å²) in [4.78, 5) is 44.0. The lowest BCUT2D eigenvalue weighted by molar-refractivity contribution is -0.122. The highest BCUT2D eigenvalue weighted by molar-refractivity contribution is 7.17. The molecule has 0 radical (unpaired) electrons. The van der Waals surface area contributed by atoms with Crippen LogP contribution in [0.15, 0.2) is 94.1 Å². The number of esters is 1. The molecule has 2 aromatic heterocycles. The van der Waals surface area contributed by atoms with Crippen LogP contribution in [-0.4, -0.2) is 23.0 Å². The second kappa shape index (κ2) is 12.0. The first-order chi connectivity index (χ1) is 19.4. The maximum Gasteiger partial charge on any atom is 0.350 e. The molecule has 0 saturated heterocycles. The lowest BCUT2D eigenvalue weighted by atomic mass is 10.1. The average molecular weight is 555 g/mol. The summed E-state index contributed by atoms with van der Waals surface area (Å²) in [7, 11) is 0. The number of aryl methyl sites for hydroxylation is 1. The minimum absolute atomic E-state index is 0.0487. The van der Waals surface area contributed by atoms with E-state index >= 15 is 0 Å². The van der Waals surface area contributed by atoms with E-state index in [9.17, 15) is 14.4 Å². The van der Waals surface area contributed by atoms with E-state index < -0.39 is 18.0 Å². The molecule has 1 N–H and O–H groups in total. The van der Waals surface area contributed by atoms with Gasteiger partial charge in [0.05, 0.1) is 11.1 Å². The molecule has 40 heavy (non-hydrogen) atoms. The fourth-order valence-corrected chi connectivity index (χ4v) is 4.95. The number of amides is 1. The summed E-state index contributed by atoms with van der Waals surface area (Å²) in [6.45, 7) is 3.57. The molecule has 0 bridgehead atoms. The molecule has 1 amide bonds. The molecular weight excluding hydrogens is 528 g/mol. The van der Waals surface area contributed by atoms with E-state index in [4.69, 9.17) is 13.9 Å². The molecule has 202 valence electrons. The third-order valence-electron chi connectivity index (χ3n) is 6.14. The topological polar surface area (TPSA) is 108 Å². The molecule has 0 aliphatic heterocycles. The van der Waals surface area contributed by atoms with Gasteiger partial charge in [0.2, 0.25) is 11.2 Å². The number of carbonyl (C=O) groups is 2. The number of hydrogen-bond donors (Lipinski definition) is 1. The average Bonchev–Trinajstić information content (AvgIpc) is 3.35. The van der Waals surface area contributed by atoms with Crippen LogP contribution in [0.2, 0.25) is 0 Å². The van der Waals surface area contributed by atoms with Crippen molar-refractivity contribution in [2.75, 3.05) is 5.32 Å². The Morgan fingerprint density at radius 2 is 1.65 bits per heavy atom. The summed E-state index contributed by atoms with van der Waals surface area (Å²) in [6.07, 6.45) is -0.757. The predicted molar refractivity (Wildman–Crippen MR) is 154 cm³/mol. The lowest BCUT2D eigenvalue weighted by Crippen LogP contribution is -2.34. The summed E-state index contributed by atoms with van der Waals surface area (Å²) in [5.41, 5.74) is 1.99. The smallest absolute Gasteiger partial charge is 0.350 e. The monoisotopic (exact) mass is 554 g/mol. The van der Waals surface area contributed by atoms with Gasteiger partial charge in [-0.25, -0.2) is 9.78 Å². The van der Waals surface area contributed by atoms with Crippen LogP contribution in [0.3, 0.4) is 0 Å². The van der Waals surface area contributed by atoms with Crippen molar-refractivity contribution in [3.05, 3.63) is 111 Å². The minimum Gasteiger partial charge on any atom is -0.473 e. The van der Waals surface area contributed by atoms with Gasteiger partial charge in [-0.3, -0.25) is 14.9 Å². The number of para-hydroxylation sites is 1.